The van der Waals surface area contributed by atoms with E-state index in [0.29, 0.717) is 6.42 Å². The van der Waals surface area contributed by atoms with Gasteiger partial charge in [0.15, 0.2) is 0 Å². The van der Waals surface area contributed by atoms with Crippen molar-refractivity contribution in [3.63, 3.8) is 0 Å². The lowest BCUT2D eigenvalue weighted by molar-refractivity contribution is -0.133. The van der Waals surface area contributed by atoms with Crippen molar-refractivity contribution >= 4 is 5.91 Å². The molecule has 0 bridgehead atoms. The normalized spacial score (nSPS) is 15.4. The average Bonchev–Trinajstić information content (AvgIpc) is 2.12. The van der Waals surface area contributed by atoms with E-state index in [1.165, 1.54) is 0 Å². The SMILES string of the molecule is CCC(=O)N(C)C(C)C(C)OC. The second-order valence-electron chi connectivity index (χ2n) is 3.04. The maximum atomic E-state index is 11.2. The summed E-state index contributed by atoms with van der Waals surface area (Å²) in [6.45, 7) is 5.81. The van der Waals surface area contributed by atoms with Gasteiger partial charge in [-0.1, -0.05) is 6.92 Å². The first-order valence-electron chi connectivity index (χ1n) is 4.33. The highest BCUT2D eigenvalue weighted by atomic mass is 16.5. The molecule has 2 atom stereocenters. The first-order valence-corrected chi connectivity index (χ1v) is 4.33. The molecule has 0 fully saturated rings. The summed E-state index contributed by atoms with van der Waals surface area (Å²) in [5, 5.41) is 0. The van der Waals surface area contributed by atoms with Gasteiger partial charge in [-0.3, -0.25) is 4.79 Å². The number of ether oxygens (including phenoxy) is 1. The lowest BCUT2D eigenvalue weighted by atomic mass is 10.2. The first-order chi connectivity index (χ1) is 5.54. The maximum absolute atomic E-state index is 11.2. The second kappa shape index (κ2) is 5.14. The highest BCUT2D eigenvalue weighted by Gasteiger charge is 2.19. The van der Waals surface area contributed by atoms with Crippen LogP contribution in [0.4, 0.5) is 0 Å². The summed E-state index contributed by atoms with van der Waals surface area (Å²) in [5.41, 5.74) is 0. The lowest BCUT2D eigenvalue weighted by Gasteiger charge is -2.28. The summed E-state index contributed by atoms with van der Waals surface area (Å²) in [7, 11) is 3.47. The van der Waals surface area contributed by atoms with Gasteiger partial charge in [-0.15, -0.1) is 0 Å². The van der Waals surface area contributed by atoms with Crippen LogP contribution in [-0.4, -0.2) is 37.1 Å². The molecular formula is C9H19NO2. The average molecular weight is 173 g/mol. The van der Waals surface area contributed by atoms with E-state index in [9.17, 15) is 4.79 Å². The largest absolute Gasteiger partial charge is 0.380 e. The summed E-state index contributed by atoms with van der Waals surface area (Å²) in [4.78, 5) is 13.0. The minimum Gasteiger partial charge on any atom is -0.380 e. The van der Waals surface area contributed by atoms with Crippen LogP contribution in [0.2, 0.25) is 0 Å². The zero-order valence-electron chi connectivity index (χ0n) is 8.63. The number of carbonyl (C=O) groups excluding carboxylic acids is 1. The van der Waals surface area contributed by atoms with E-state index in [2.05, 4.69) is 0 Å². The Labute approximate surface area is 74.7 Å². The van der Waals surface area contributed by atoms with Crippen molar-refractivity contribution < 1.29 is 9.53 Å². The molecule has 2 unspecified atom stereocenters. The molecule has 0 radical (unpaired) electrons. The summed E-state index contributed by atoms with van der Waals surface area (Å²) in [6, 6.07) is 0.141. The first kappa shape index (κ1) is 11.4. The van der Waals surface area contributed by atoms with Gasteiger partial charge in [-0.25, -0.2) is 0 Å². The fourth-order valence-corrected chi connectivity index (χ4v) is 0.988. The van der Waals surface area contributed by atoms with E-state index in [4.69, 9.17) is 4.74 Å². The molecule has 3 heteroatoms. The van der Waals surface area contributed by atoms with Crippen molar-refractivity contribution in [3.05, 3.63) is 0 Å². The monoisotopic (exact) mass is 173 g/mol. The number of methoxy groups -OCH3 is 1. The number of amides is 1. The van der Waals surface area contributed by atoms with Crippen molar-refractivity contribution in [2.24, 2.45) is 0 Å². The molecule has 0 N–H and O–H groups in total. The van der Waals surface area contributed by atoms with Crippen molar-refractivity contribution in [2.45, 2.75) is 39.3 Å². The Bertz CT molecular complexity index is 147. The predicted octanol–water partition coefficient (Wildman–Crippen LogP) is 1.28. The molecule has 0 aromatic heterocycles. The number of hydrogen-bond acceptors (Lipinski definition) is 2. The standard InChI is InChI=1S/C9H19NO2/c1-6-9(11)10(4)7(2)8(3)12-5/h7-8H,6H2,1-5H3. The fraction of sp³-hybridized carbons (Fsp3) is 0.889. The number of carbonyl (C=O) groups is 1. The Morgan fingerprint density at radius 1 is 1.50 bits per heavy atom. The third kappa shape index (κ3) is 2.81. The lowest BCUT2D eigenvalue weighted by Crippen LogP contribution is -2.41. The van der Waals surface area contributed by atoms with Crippen LogP contribution in [0.5, 0.6) is 0 Å². The molecule has 0 spiro atoms. The number of rotatable bonds is 4. The summed E-state index contributed by atoms with van der Waals surface area (Å²) in [5.74, 6) is 0.159. The highest BCUT2D eigenvalue weighted by molar-refractivity contribution is 5.75. The molecule has 1 amide bonds. The molecule has 0 heterocycles. The molecule has 0 rings (SSSR count). The smallest absolute Gasteiger partial charge is 0.222 e. The van der Waals surface area contributed by atoms with E-state index in [0.717, 1.165) is 0 Å². The van der Waals surface area contributed by atoms with Gasteiger partial charge in [-0.2, -0.15) is 0 Å². The van der Waals surface area contributed by atoms with Gasteiger partial charge >= 0.3 is 0 Å². The van der Waals surface area contributed by atoms with Crippen LogP contribution in [-0.2, 0) is 9.53 Å². The van der Waals surface area contributed by atoms with Crippen LogP contribution in [0.1, 0.15) is 27.2 Å². The van der Waals surface area contributed by atoms with E-state index >= 15 is 0 Å². The van der Waals surface area contributed by atoms with Crippen LogP contribution in [0.15, 0.2) is 0 Å². The van der Waals surface area contributed by atoms with Crippen LogP contribution < -0.4 is 0 Å². The van der Waals surface area contributed by atoms with E-state index in [1.54, 1.807) is 12.0 Å². The fourth-order valence-electron chi connectivity index (χ4n) is 0.988. The van der Waals surface area contributed by atoms with Crippen molar-refractivity contribution in [3.8, 4) is 0 Å². The van der Waals surface area contributed by atoms with Crippen molar-refractivity contribution in [1.82, 2.24) is 4.90 Å². The Kier molecular flexibility index (Phi) is 4.90. The number of likely N-dealkylation sites (N-methyl/N-ethyl adjacent to an activating group) is 1. The zero-order valence-corrected chi connectivity index (χ0v) is 8.63. The molecule has 12 heavy (non-hydrogen) atoms. The minimum atomic E-state index is 0.0884. The molecule has 0 aliphatic carbocycles. The maximum Gasteiger partial charge on any atom is 0.222 e. The minimum absolute atomic E-state index is 0.0884. The zero-order chi connectivity index (χ0) is 9.72. The second-order valence-corrected chi connectivity index (χ2v) is 3.04. The molecular weight excluding hydrogens is 154 g/mol. The molecule has 0 saturated heterocycles. The third-order valence-electron chi connectivity index (χ3n) is 2.36. The summed E-state index contributed by atoms with van der Waals surface area (Å²) >= 11 is 0. The van der Waals surface area contributed by atoms with Crippen LogP contribution in [0.3, 0.4) is 0 Å². The number of hydrogen-bond donors (Lipinski definition) is 0. The topological polar surface area (TPSA) is 29.5 Å². The summed E-state index contributed by atoms with van der Waals surface area (Å²) in [6.07, 6.45) is 0.641. The molecule has 0 saturated carbocycles. The van der Waals surface area contributed by atoms with E-state index < -0.39 is 0 Å². The van der Waals surface area contributed by atoms with E-state index in [-0.39, 0.29) is 18.1 Å². The Morgan fingerprint density at radius 3 is 2.33 bits per heavy atom. The Hall–Kier alpha value is -0.570. The third-order valence-corrected chi connectivity index (χ3v) is 2.36. The molecule has 0 aliphatic heterocycles. The number of nitrogens with zero attached hydrogens (tertiary/aromatic N) is 1. The quantitative estimate of drug-likeness (QED) is 0.641. The molecule has 0 aromatic rings. The van der Waals surface area contributed by atoms with Gasteiger partial charge in [-0.05, 0) is 13.8 Å². The van der Waals surface area contributed by atoms with Gasteiger partial charge in [0.2, 0.25) is 5.91 Å². The summed E-state index contributed by atoms with van der Waals surface area (Å²) < 4.78 is 5.13. The van der Waals surface area contributed by atoms with Gasteiger partial charge in [0.05, 0.1) is 12.1 Å². The van der Waals surface area contributed by atoms with Crippen LogP contribution in [0, 0.1) is 0 Å². The Balaban J connectivity index is 4.08. The molecule has 3 nitrogen and oxygen atoms in total. The molecule has 0 aliphatic rings. The molecule has 72 valence electrons. The highest BCUT2D eigenvalue weighted by Crippen LogP contribution is 2.05. The van der Waals surface area contributed by atoms with E-state index in [1.807, 2.05) is 27.8 Å². The Morgan fingerprint density at radius 2 is 2.00 bits per heavy atom. The van der Waals surface area contributed by atoms with Crippen LogP contribution in [0.25, 0.3) is 0 Å². The molecule has 0 aromatic carbocycles. The van der Waals surface area contributed by atoms with Gasteiger partial charge in [0.1, 0.15) is 0 Å². The van der Waals surface area contributed by atoms with Gasteiger partial charge in [0, 0.05) is 20.6 Å². The van der Waals surface area contributed by atoms with Gasteiger partial charge in [0.25, 0.3) is 0 Å². The van der Waals surface area contributed by atoms with Gasteiger partial charge < -0.3 is 9.64 Å². The van der Waals surface area contributed by atoms with Crippen LogP contribution >= 0.6 is 0 Å². The van der Waals surface area contributed by atoms with Crippen molar-refractivity contribution in [1.29, 1.82) is 0 Å². The van der Waals surface area contributed by atoms with Crippen molar-refractivity contribution in [2.75, 3.05) is 14.2 Å². The predicted molar refractivity (Wildman–Crippen MR) is 49.0 cm³/mol.